The molecular weight excluding hydrogens is 194 g/mol. The molecule has 4 N–H and O–H groups in total. The van der Waals surface area contributed by atoms with Crippen molar-refractivity contribution in [3.05, 3.63) is 23.8 Å². The monoisotopic (exact) mass is 205 g/mol. The van der Waals surface area contributed by atoms with Crippen molar-refractivity contribution in [1.29, 1.82) is 5.26 Å². The number of phenolic OH excluding ortho intramolecular Hbond substituents is 1. The van der Waals surface area contributed by atoms with E-state index >= 15 is 0 Å². The SMILES string of the molecule is N#CCNC(=O)Cc1ccc(N)c(O)c1. The van der Waals surface area contributed by atoms with E-state index in [1.165, 1.54) is 12.1 Å². The molecule has 0 bridgehead atoms. The zero-order valence-electron chi connectivity index (χ0n) is 8.03. The van der Waals surface area contributed by atoms with Crippen LogP contribution in [0, 0.1) is 11.3 Å². The van der Waals surface area contributed by atoms with E-state index in [0.717, 1.165) is 0 Å². The molecule has 15 heavy (non-hydrogen) atoms. The van der Waals surface area contributed by atoms with Crippen molar-refractivity contribution >= 4 is 11.6 Å². The molecule has 78 valence electrons. The fourth-order valence-electron chi connectivity index (χ4n) is 1.09. The summed E-state index contributed by atoms with van der Waals surface area (Å²) in [5.74, 6) is -0.304. The first-order valence-electron chi connectivity index (χ1n) is 4.34. The third-order valence-corrected chi connectivity index (χ3v) is 1.82. The second kappa shape index (κ2) is 4.86. The third-order valence-electron chi connectivity index (χ3n) is 1.82. The molecule has 5 heteroatoms. The van der Waals surface area contributed by atoms with Crippen LogP contribution in [-0.2, 0) is 11.2 Å². The van der Waals surface area contributed by atoms with Gasteiger partial charge in [-0.3, -0.25) is 4.79 Å². The molecule has 0 fully saturated rings. The first kappa shape index (κ1) is 10.9. The average Bonchev–Trinajstić information content (AvgIpc) is 2.20. The maximum atomic E-state index is 11.2. The molecule has 1 aromatic carbocycles. The highest BCUT2D eigenvalue weighted by atomic mass is 16.3. The number of benzene rings is 1. The predicted molar refractivity (Wildman–Crippen MR) is 54.8 cm³/mol. The van der Waals surface area contributed by atoms with Crippen LogP contribution >= 0.6 is 0 Å². The fourth-order valence-corrected chi connectivity index (χ4v) is 1.09. The number of nitrogens with two attached hydrogens (primary N) is 1. The number of rotatable bonds is 3. The van der Waals surface area contributed by atoms with Crippen molar-refractivity contribution in [2.45, 2.75) is 6.42 Å². The molecule has 0 atom stereocenters. The van der Waals surface area contributed by atoms with Crippen LogP contribution in [0.4, 0.5) is 5.69 Å². The fraction of sp³-hybridized carbons (Fsp3) is 0.200. The minimum Gasteiger partial charge on any atom is -0.506 e. The molecule has 0 saturated carbocycles. The van der Waals surface area contributed by atoms with Crippen molar-refractivity contribution < 1.29 is 9.90 Å². The van der Waals surface area contributed by atoms with E-state index in [4.69, 9.17) is 11.0 Å². The molecular formula is C10H11N3O2. The van der Waals surface area contributed by atoms with E-state index in [0.29, 0.717) is 5.56 Å². The van der Waals surface area contributed by atoms with Crippen LogP contribution in [0.5, 0.6) is 5.75 Å². The van der Waals surface area contributed by atoms with E-state index in [-0.39, 0.29) is 30.3 Å². The number of nitrogens with one attached hydrogen (secondary N) is 1. The van der Waals surface area contributed by atoms with Gasteiger partial charge in [-0.2, -0.15) is 5.26 Å². The van der Waals surface area contributed by atoms with Gasteiger partial charge < -0.3 is 16.2 Å². The van der Waals surface area contributed by atoms with Gasteiger partial charge in [0.1, 0.15) is 12.3 Å². The van der Waals surface area contributed by atoms with E-state index in [2.05, 4.69) is 5.32 Å². The lowest BCUT2D eigenvalue weighted by Crippen LogP contribution is -2.25. The molecule has 0 unspecified atom stereocenters. The lowest BCUT2D eigenvalue weighted by atomic mass is 10.1. The molecule has 0 aliphatic heterocycles. The van der Waals surface area contributed by atoms with Gasteiger partial charge >= 0.3 is 0 Å². The number of nitriles is 1. The first-order chi connectivity index (χ1) is 7.13. The number of nitrogens with zero attached hydrogens (tertiary/aromatic N) is 1. The minimum absolute atomic E-state index is 0.0141. The maximum absolute atomic E-state index is 11.2. The van der Waals surface area contributed by atoms with Crippen LogP contribution in [0.25, 0.3) is 0 Å². The summed E-state index contributed by atoms with van der Waals surface area (Å²) in [6.45, 7) is -0.0141. The Hall–Kier alpha value is -2.22. The number of anilines is 1. The summed E-state index contributed by atoms with van der Waals surface area (Å²) in [5, 5.41) is 19.9. The average molecular weight is 205 g/mol. The van der Waals surface area contributed by atoms with Crippen LogP contribution in [0.2, 0.25) is 0 Å². The maximum Gasteiger partial charge on any atom is 0.225 e. The summed E-state index contributed by atoms with van der Waals surface area (Å²) >= 11 is 0. The summed E-state index contributed by atoms with van der Waals surface area (Å²) in [7, 11) is 0. The minimum atomic E-state index is -0.263. The van der Waals surface area contributed by atoms with Gasteiger partial charge in [-0.05, 0) is 17.7 Å². The number of aromatic hydroxyl groups is 1. The number of carbonyl (C=O) groups excluding carboxylic acids is 1. The normalized spacial score (nSPS) is 9.27. The number of hydrogen-bond donors (Lipinski definition) is 3. The van der Waals surface area contributed by atoms with Crippen molar-refractivity contribution in [2.75, 3.05) is 12.3 Å². The molecule has 1 aromatic rings. The second-order valence-electron chi connectivity index (χ2n) is 3.00. The molecule has 0 aliphatic rings. The van der Waals surface area contributed by atoms with Crippen molar-refractivity contribution in [3.8, 4) is 11.8 Å². The Kier molecular flexibility index (Phi) is 3.52. The Balaban J connectivity index is 2.62. The lowest BCUT2D eigenvalue weighted by molar-refractivity contribution is -0.120. The molecule has 0 aliphatic carbocycles. The summed E-state index contributed by atoms with van der Waals surface area (Å²) in [5.41, 5.74) is 6.33. The Morgan fingerprint density at radius 1 is 1.60 bits per heavy atom. The van der Waals surface area contributed by atoms with Gasteiger partial charge in [0.05, 0.1) is 18.2 Å². The van der Waals surface area contributed by atoms with Gasteiger partial charge in [0.25, 0.3) is 0 Å². The summed E-state index contributed by atoms with van der Waals surface area (Å²) in [4.78, 5) is 11.2. The standard InChI is InChI=1S/C10H11N3O2/c11-3-4-13-10(15)6-7-1-2-8(12)9(14)5-7/h1-2,5,14H,4,6,12H2,(H,13,15). The second-order valence-corrected chi connectivity index (χ2v) is 3.00. The lowest BCUT2D eigenvalue weighted by Gasteiger charge is -2.03. The topological polar surface area (TPSA) is 99.1 Å². The predicted octanol–water partition coefficient (Wildman–Crippen LogP) is 0.157. The van der Waals surface area contributed by atoms with Crippen LogP contribution in [0.1, 0.15) is 5.56 Å². The van der Waals surface area contributed by atoms with E-state index in [1.54, 1.807) is 12.1 Å². The van der Waals surface area contributed by atoms with Crippen LogP contribution in [-0.4, -0.2) is 17.6 Å². The summed E-state index contributed by atoms with van der Waals surface area (Å²) < 4.78 is 0. The molecule has 0 aromatic heterocycles. The van der Waals surface area contributed by atoms with Gasteiger partial charge in [0, 0.05) is 0 Å². The summed E-state index contributed by atoms with van der Waals surface area (Å²) in [6, 6.07) is 6.42. The van der Waals surface area contributed by atoms with E-state index in [1.807, 2.05) is 0 Å². The quantitative estimate of drug-likeness (QED) is 0.371. The van der Waals surface area contributed by atoms with E-state index < -0.39 is 0 Å². The molecule has 0 radical (unpaired) electrons. The number of hydrogen-bond acceptors (Lipinski definition) is 4. The Morgan fingerprint density at radius 3 is 2.93 bits per heavy atom. The largest absolute Gasteiger partial charge is 0.506 e. The number of nitrogen functional groups attached to an aromatic ring is 1. The molecule has 0 heterocycles. The number of amides is 1. The van der Waals surface area contributed by atoms with Crippen LogP contribution in [0.3, 0.4) is 0 Å². The Labute approximate surface area is 87.1 Å². The highest BCUT2D eigenvalue weighted by Crippen LogP contribution is 2.20. The van der Waals surface area contributed by atoms with Crippen molar-refractivity contribution in [2.24, 2.45) is 0 Å². The highest BCUT2D eigenvalue weighted by molar-refractivity contribution is 5.79. The Morgan fingerprint density at radius 2 is 2.33 bits per heavy atom. The zero-order valence-corrected chi connectivity index (χ0v) is 8.03. The molecule has 5 nitrogen and oxygen atoms in total. The third kappa shape index (κ3) is 3.19. The zero-order chi connectivity index (χ0) is 11.3. The van der Waals surface area contributed by atoms with Crippen LogP contribution < -0.4 is 11.1 Å². The highest BCUT2D eigenvalue weighted by Gasteiger charge is 2.04. The summed E-state index contributed by atoms with van der Waals surface area (Å²) in [6.07, 6.45) is 0.121. The molecule has 1 amide bonds. The smallest absolute Gasteiger partial charge is 0.225 e. The van der Waals surface area contributed by atoms with Gasteiger partial charge in [-0.25, -0.2) is 0 Å². The molecule has 0 saturated heterocycles. The Bertz CT molecular complexity index is 410. The van der Waals surface area contributed by atoms with Crippen LogP contribution in [0.15, 0.2) is 18.2 Å². The molecule has 0 spiro atoms. The number of carbonyl (C=O) groups is 1. The van der Waals surface area contributed by atoms with Crippen molar-refractivity contribution in [3.63, 3.8) is 0 Å². The number of phenols is 1. The van der Waals surface area contributed by atoms with Gasteiger partial charge in [0.2, 0.25) is 5.91 Å². The molecule has 1 rings (SSSR count). The van der Waals surface area contributed by atoms with Crippen molar-refractivity contribution in [1.82, 2.24) is 5.32 Å². The first-order valence-corrected chi connectivity index (χ1v) is 4.34. The van der Waals surface area contributed by atoms with Gasteiger partial charge in [-0.1, -0.05) is 6.07 Å². The van der Waals surface area contributed by atoms with Gasteiger partial charge in [0.15, 0.2) is 0 Å². The van der Waals surface area contributed by atoms with Gasteiger partial charge in [-0.15, -0.1) is 0 Å². The van der Waals surface area contributed by atoms with E-state index in [9.17, 15) is 9.90 Å².